The molecule has 32 heavy (non-hydrogen) atoms. The van der Waals surface area contributed by atoms with Crippen LogP contribution in [0.25, 0.3) is 0 Å². The number of hydrogen-bond acceptors (Lipinski definition) is 6. The average molecular weight is 461 g/mol. The van der Waals surface area contributed by atoms with E-state index >= 15 is 0 Å². The summed E-state index contributed by atoms with van der Waals surface area (Å²) in [5, 5.41) is 8.12. The van der Waals surface area contributed by atoms with Gasteiger partial charge in [0, 0.05) is 55.9 Å². The van der Waals surface area contributed by atoms with Gasteiger partial charge in [-0.25, -0.2) is 14.2 Å². The minimum Gasteiger partial charge on any atom is -0.369 e. The number of amides is 3. The van der Waals surface area contributed by atoms with E-state index in [1.165, 1.54) is 23.5 Å². The molecule has 2 aromatic rings. The summed E-state index contributed by atoms with van der Waals surface area (Å²) in [5.41, 5.74) is 2.35. The Morgan fingerprint density at radius 2 is 2.06 bits per heavy atom. The van der Waals surface area contributed by atoms with Gasteiger partial charge in [0.1, 0.15) is 5.82 Å². The molecule has 1 aromatic heterocycles. The van der Waals surface area contributed by atoms with Gasteiger partial charge in [0.05, 0.1) is 18.2 Å². The Morgan fingerprint density at radius 1 is 1.28 bits per heavy atom. The number of rotatable bonds is 7. The van der Waals surface area contributed by atoms with E-state index in [9.17, 15) is 14.0 Å². The number of nitrogens with one attached hydrogen (secondary N) is 2. The Balaban J connectivity index is 1.41. The minimum atomic E-state index is -0.347. The molecule has 1 aromatic carbocycles. The Morgan fingerprint density at radius 3 is 2.75 bits per heavy atom. The smallest absolute Gasteiger partial charge is 0.323 e. The van der Waals surface area contributed by atoms with Gasteiger partial charge in [-0.3, -0.25) is 9.69 Å². The second kappa shape index (κ2) is 9.83. The Kier molecular flexibility index (Phi) is 6.90. The number of thiazole rings is 1. The minimum absolute atomic E-state index is 0.107. The summed E-state index contributed by atoms with van der Waals surface area (Å²) in [6.07, 6.45) is 0.107. The van der Waals surface area contributed by atoms with Crippen LogP contribution in [0, 0.1) is 5.82 Å². The molecule has 3 amide bonds. The first-order valence-electron chi connectivity index (χ1n) is 11.0. The van der Waals surface area contributed by atoms with Crippen LogP contribution in [-0.4, -0.2) is 67.6 Å². The quantitative estimate of drug-likeness (QED) is 0.663. The molecule has 1 unspecified atom stereocenters. The highest BCUT2D eigenvalue weighted by molar-refractivity contribution is 7.14. The Bertz CT molecular complexity index is 975. The monoisotopic (exact) mass is 460 g/mol. The third-order valence-corrected chi connectivity index (χ3v) is 6.88. The van der Waals surface area contributed by atoms with Crippen LogP contribution in [0.3, 0.4) is 0 Å². The van der Waals surface area contributed by atoms with Crippen molar-refractivity contribution in [2.75, 3.05) is 55.6 Å². The molecule has 3 heterocycles. The van der Waals surface area contributed by atoms with Crippen molar-refractivity contribution in [2.45, 2.75) is 26.3 Å². The predicted octanol–water partition coefficient (Wildman–Crippen LogP) is 2.37. The fourth-order valence-corrected chi connectivity index (χ4v) is 5.00. The summed E-state index contributed by atoms with van der Waals surface area (Å²) in [5.74, 6) is -0.503. The summed E-state index contributed by atoms with van der Waals surface area (Å²) in [4.78, 5) is 35.1. The molecule has 0 spiro atoms. The zero-order chi connectivity index (χ0) is 22.7. The zero-order valence-corrected chi connectivity index (χ0v) is 19.3. The number of carbonyl (C=O) groups is 2. The SMILES string of the molecule is CCN1CCN(c2ccc(F)cc2C(C)NC(=O)Cc2csc(N3CCNC3=O)n2)CC1. The van der Waals surface area contributed by atoms with Crippen molar-refractivity contribution in [2.24, 2.45) is 0 Å². The van der Waals surface area contributed by atoms with Crippen LogP contribution in [0.1, 0.15) is 31.1 Å². The highest BCUT2D eigenvalue weighted by Gasteiger charge is 2.25. The van der Waals surface area contributed by atoms with Crippen LogP contribution < -0.4 is 20.4 Å². The van der Waals surface area contributed by atoms with E-state index in [4.69, 9.17) is 0 Å². The second-order valence-electron chi connectivity index (χ2n) is 8.10. The lowest BCUT2D eigenvalue weighted by atomic mass is 10.0. The predicted molar refractivity (Wildman–Crippen MR) is 124 cm³/mol. The lowest BCUT2D eigenvalue weighted by Gasteiger charge is -2.37. The lowest BCUT2D eigenvalue weighted by molar-refractivity contribution is -0.121. The van der Waals surface area contributed by atoms with Gasteiger partial charge < -0.3 is 20.4 Å². The molecule has 2 N–H and O–H groups in total. The highest BCUT2D eigenvalue weighted by atomic mass is 32.1. The van der Waals surface area contributed by atoms with E-state index in [2.05, 4.69) is 32.3 Å². The van der Waals surface area contributed by atoms with Gasteiger partial charge in [-0.05, 0) is 31.7 Å². The number of urea groups is 1. The van der Waals surface area contributed by atoms with Crippen LogP contribution in [-0.2, 0) is 11.2 Å². The van der Waals surface area contributed by atoms with Gasteiger partial charge in [-0.2, -0.15) is 0 Å². The zero-order valence-electron chi connectivity index (χ0n) is 18.4. The maximum Gasteiger partial charge on any atom is 0.323 e. The molecule has 10 heteroatoms. The number of hydrogen-bond donors (Lipinski definition) is 2. The van der Waals surface area contributed by atoms with Gasteiger partial charge in [0.25, 0.3) is 0 Å². The third-order valence-electron chi connectivity index (χ3n) is 5.96. The van der Waals surface area contributed by atoms with Gasteiger partial charge >= 0.3 is 6.03 Å². The van der Waals surface area contributed by atoms with Crippen molar-refractivity contribution in [3.63, 3.8) is 0 Å². The first-order valence-corrected chi connectivity index (χ1v) is 11.9. The number of anilines is 2. The highest BCUT2D eigenvalue weighted by Crippen LogP contribution is 2.29. The number of aromatic nitrogens is 1. The van der Waals surface area contributed by atoms with E-state index in [1.54, 1.807) is 10.3 Å². The summed E-state index contributed by atoms with van der Waals surface area (Å²) < 4.78 is 14.1. The van der Waals surface area contributed by atoms with Gasteiger partial charge in [-0.15, -0.1) is 11.3 Å². The average Bonchev–Trinajstić information content (AvgIpc) is 3.42. The van der Waals surface area contributed by atoms with Crippen LogP contribution in [0.4, 0.5) is 20.0 Å². The van der Waals surface area contributed by atoms with Crippen LogP contribution in [0.15, 0.2) is 23.6 Å². The van der Waals surface area contributed by atoms with Crippen molar-refractivity contribution in [3.05, 3.63) is 40.7 Å². The molecular formula is C22H29FN6O2S. The number of benzene rings is 1. The molecule has 2 saturated heterocycles. The molecule has 0 saturated carbocycles. The Labute approximate surface area is 191 Å². The van der Waals surface area contributed by atoms with Crippen LogP contribution >= 0.6 is 11.3 Å². The van der Waals surface area contributed by atoms with Crippen LogP contribution in [0.5, 0.6) is 0 Å². The molecule has 4 rings (SSSR count). The van der Waals surface area contributed by atoms with E-state index in [-0.39, 0.29) is 30.2 Å². The summed E-state index contributed by atoms with van der Waals surface area (Å²) in [7, 11) is 0. The molecule has 0 bridgehead atoms. The molecule has 0 radical (unpaired) electrons. The fourth-order valence-electron chi connectivity index (χ4n) is 4.16. The van der Waals surface area contributed by atoms with Crippen molar-refractivity contribution in [1.29, 1.82) is 0 Å². The van der Waals surface area contributed by atoms with Crippen molar-refractivity contribution in [1.82, 2.24) is 20.5 Å². The Hall–Kier alpha value is -2.72. The van der Waals surface area contributed by atoms with Crippen LogP contribution in [0.2, 0.25) is 0 Å². The number of halogens is 1. The molecule has 2 aliphatic rings. The molecule has 172 valence electrons. The first kappa shape index (κ1) is 22.5. The maximum absolute atomic E-state index is 14.1. The van der Waals surface area contributed by atoms with Gasteiger partial charge in [0.2, 0.25) is 5.91 Å². The number of nitrogens with zero attached hydrogens (tertiary/aromatic N) is 4. The standard InChI is InChI=1S/C22H29FN6O2S/c1-3-27-8-10-28(11-9-27)19-5-4-16(23)12-18(19)15(2)25-20(30)13-17-14-32-22(26-17)29-7-6-24-21(29)31/h4-5,12,14-15H,3,6-11,13H2,1-2H3,(H,24,31)(H,25,30). The third kappa shape index (κ3) is 5.02. The van der Waals surface area contributed by atoms with Crippen molar-refractivity contribution in [3.8, 4) is 0 Å². The number of piperazine rings is 1. The summed E-state index contributed by atoms with van der Waals surface area (Å²) in [6, 6.07) is 4.29. The van der Waals surface area contributed by atoms with Crippen molar-refractivity contribution < 1.29 is 14.0 Å². The normalized spacial score (nSPS) is 18.0. The lowest BCUT2D eigenvalue weighted by Crippen LogP contribution is -2.46. The number of carbonyl (C=O) groups excluding carboxylic acids is 2. The van der Waals surface area contributed by atoms with Gasteiger partial charge in [-0.1, -0.05) is 6.92 Å². The van der Waals surface area contributed by atoms with Gasteiger partial charge in [0.15, 0.2) is 5.13 Å². The summed E-state index contributed by atoms with van der Waals surface area (Å²) in [6.45, 7) is 9.90. The molecule has 2 aliphatic heterocycles. The van der Waals surface area contributed by atoms with Crippen molar-refractivity contribution >= 4 is 34.1 Å². The molecule has 8 nitrogen and oxygen atoms in total. The first-order chi connectivity index (χ1) is 15.4. The van der Waals surface area contributed by atoms with E-state index < -0.39 is 0 Å². The van der Waals surface area contributed by atoms with E-state index in [1.807, 2.05) is 13.0 Å². The molecule has 1 atom stereocenters. The topological polar surface area (TPSA) is 80.8 Å². The number of likely N-dealkylation sites (N-methyl/N-ethyl adjacent to an activating group) is 1. The largest absolute Gasteiger partial charge is 0.369 e. The maximum atomic E-state index is 14.1. The fraction of sp³-hybridized carbons (Fsp3) is 0.500. The second-order valence-corrected chi connectivity index (χ2v) is 8.93. The molecule has 0 aliphatic carbocycles. The molecular weight excluding hydrogens is 431 g/mol. The van der Waals surface area contributed by atoms with E-state index in [0.29, 0.717) is 23.9 Å². The molecule has 2 fully saturated rings. The summed E-state index contributed by atoms with van der Waals surface area (Å²) >= 11 is 1.35. The van der Waals surface area contributed by atoms with E-state index in [0.717, 1.165) is 44.0 Å².